The Kier molecular flexibility index (Phi) is 6.64. The third kappa shape index (κ3) is 5.25. The predicted molar refractivity (Wildman–Crippen MR) is 97.3 cm³/mol. The topological polar surface area (TPSA) is 50.4 Å². The Hall–Kier alpha value is -2.04. The van der Waals surface area contributed by atoms with Crippen LogP contribution in [0.25, 0.3) is 0 Å². The molecule has 0 aliphatic rings. The molecular weight excluding hydrogens is 324 g/mol. The molecule has 0 saturated carbocycles. The first-order chi connectivity index (χ1) is 11.5. The molecule has 2 rings (SSSR count). The van der Waals surface area contributed by atoms with E-state index in [1.165, 1.54) is 0 Å². The average Bonchev–Trinajstić information content (AvgIpc) is 2.60. The fourth-order valence-electron chi connectivity index (χ4n) is 2.38. The fraction of sp³-hybridized carbons (Fsp3) is 0.316. The van der Waals surface area contributed by atoms with E-state index in [4.69, 9.17) is 16.3 Å². The van der Waals surface area contributed by atoms with Crippen LogP contribution in [0.5, 0.6) is 5.75 Å². The molecule has 2 N–H and O–H groups in total. The van der Waals surface area contributed by atoms with E-state index in [1.54, 1.807) is 7.11 Å². The fourth-order valence-corrected chi connectivity index (χ4v) is 2.51. The second-order valence-corrected chi connectivity index (χ2v) is 6.16. The highest BCUT2D eigenvalue weighted by molar-refractivity contribution is 6.30. The Balaban J connectivity index is 1.83. The molecule has 0 radical (unpaired) electrons. The van der Waals surface area contributed by atoms with Crippen LogP contribution in [0.2, 0.25) is 5.02 Å². The summed E-state index contributed by atoms with van der Waals surface area (Å²) >= 11 is 5.90. The molecule has 24 heavy (non-hydrogen) atoms. The zero-order valence-corrected chi connectivity index (χ0v) is 14.9. The summed E-state index contributed by atoms with van der Waals surface area (Å²) in [6.45, 7) is 4.37. The Morgan fingerprint density at radius 3 is 2.29 bits per heavy atom. The number of benzene rings is 2. The lowest BCUT2D eigenvalue weighted by Gasteiger charge is -2.20. The van der Waals surface area contributed by atoms with Crippen molar-refractivity contribution in [3.63, 3.8) is 0 Å². The first-order valence-corrected chi connectivity index (χ1v) is 8.29. The summed E-state index contributed by atoms with van der Waals surface area (Å²) in [6.07, 6.45) is 0. The van der Waals surface area contributed by atoms with Crippen molar-refractivity contribution in [3.05, 3.63) is 64.7 Å². The van der Waals surface area contributed by atoms with Gasteiger partial charge >= 0.3 is 0 Å². The van der Waals surface area contributed by atoms with Gasteiger partial charge in [-0.15, -0.1) is 0 Å². The van der Waals surface area contributed by atoms with Crippen LogP contribution >= 0.6 is 11.6 Å². The highest BCUT2D eigenvalue weighted by atomic mass is 35.5. The maximum absolute atomic E-state index is 12.2. The van der Waals surface area contributed by atoms with Crippen LogP contribution in [-0.4, -0.2) is 19.1 Å². The highest BCUT2D eigenvalue weighted by Crippen LogP contribution is 2.16. The molecule has 0 saturated heterocycles. The summed E-state index contributed by atoms with van der Waals surface area (Å²) in [7, 11) is 1.63. The van der Waals surface area contributed by atoms with Gasteiger partial charge in [0.05, 0.1) is 13.2 Å². The summed E-state index contributed by atoms with van der Waals surface area (Å²) in [5, 5.41) is 6.94. The SMILES string of the molecule is COc1ccc(CNC(=O)[C@@H](C)N[C@H](C)c2ccc(Cl)cc2)cc1. The zero-order chi connectivity index (χ0) is 17.5. The van der Waals surface area contributed by atoms with Gasteiger partial charge in [0.25, 0.3) is 0 Å². The number of amides is 1. The Morgan fingerprint density at radius 1 is 1.08 bits per heavy atom. The molecule has 2 aromatic rings. The lowest BCUT2D eigenvalue weighted by atomic mass is 10.1. The number of halogens is 1. The van der Waals surface area contributed by atoms with Crippen LogP contribution in [0, 0.1) is 0 Å². The van der Waals surface area contributed by atoms with Crippen LogP contribution in [0.4, 0.5) is 0 Å². The molecule has 0 aromatic heterocycles. The van der Waals surface area contributed by atoms with Crippen LogP contribution in [0.1, 0.15) is 31.0 Å². The van der Waals surface area contributed by atoms with E-state index in [0.717, 1.165) is 16.9 Å². The van der Waals surface area contributed by atoms with Gasteiger partial charge in [0.1, 0.15) is 5.75 Å². The molecule has 0 bridgehead atoms. The van der Waals surface area contributed by atoms with Crippen molar-refractivity contribution in [2.24, 2.45) is 0 Å². The summed E-state index contributed by atoms with van der Waals surface area (Å²) < 4.78 is 5.12. The van der Waals surface area contributed by atoms with Gasteiger partial charge in [0.2, 0.25) is 5.91 Å². The van der Waals surface area contributed by atoms with E-state index >= 15 is 0 Å². The lowest BCUT2D eigenvalue weighted by Crippen LogP contribution is -2.42. The van der Waals surface area contributed by atoms with Crippen molar-refractivity contribution in [1.82, 2.24) is 10.6 Å². The molecule has 0 unspecified atom stereocenters. The number of nitrogens with one attached hydrogen (secondary N) is 2. The number of ether oxygens (including phenoxy) is 1. The second-order valence-electron chi connectivity index (χ2n) is 5.73. The van der Waals surface area contributed by atoms with Gasteiger partial charge in [-0.2, -0.15) is 0 Å². The van der Waals surface area contributed by atoms with E-state index in [1.807, 2.05) is 62.4 Å². The van der Waals surface area contributed by atoms with Crippen molar-refractivity contribution in [3.8, 4) is 5.75 Å². The van der Waals surface area contributed by atoms with Crippen molar-refractivity contribution in [2.75, 3.05) is 7.11 Å². The Morgan fingerprint density at radius 2 is 1.71 bits per heavy atom. The van der Waals surface area contributed by atoms with Crippen molar-refractivity contribution in [2.45, 2.75) is 32.5 Å². The van der Waals surface area contributed by atoms with Gasteiger partial charge in [-0.3, -0.25) is 10.1 Å². The van der Waals surface area contributed by atoms with E-state index in [9.17, 15) is 4.79 Å². The predicted octanol–water partition coefficient (Wildman–Crippen LogP) is 3.70. The minimum atomic E-state index is -0.297. The van der Waals surface area contributed by atoms with Gasteiger partial charge < -0.3 is 10.1 Å². The first kappa shape index (κ1) is 18.3. The zero-order valence-electron chi connectivity index (χ0n) is 14.2. The molecule has 4 nitrogen and oxygen atoms in total. The number of carbonyl (C=O) groups excluding carboxylic acids is 1. The second kappa shape index (κ2) is 8.71. The summed E-state index contributed by atoms with van der Waals surface area (Å²) in [4.78, 5) is 12.2. The van der Waals surface area contributed by atoms with Crippen LogP contribution in [0.15, 0.2) is 48.5 Å². The monoisotopic (exact) mass is 346 g/mol. The molecule has 0 heterocycles. The normalized spacial score (nSPS) is 13.2. The number of hydrogen-bond acceptors (Lipinski definition) is 3. The van der Waals surface area contributed by atoms with Crippen molar-refractivity contribution >= 4 is 17.5 Å². The molecular formula is C19H23ClN2O2. The summed E-state index contributed by atoms with van der Waals surface area (Å²) in [5.41, 5.74) is 2.12. The first-order valence-electron chi connectivity index (χ1n) is 7.91. The van der Waals surface area contributed by atoms with E-state index in [2.05, 4.69) is 10.6 Å². The van der Waals surface area contributed by atoms with Gasteiger partial charge in [0, 0.05) is 17.6 Å². The third-order valence-corrected chi connectivity index (χ3v) is 4.14. The molecule has 0 aliphatic carbocycles. The van der Waals surface area contributed by atoms with Gasteiger partial charge in [-0.05, 0) is 49.2 Å². The van der Waals surface area contributed by atoms with Crippen LogP contribution in [-0.2, 0) is 11.3 Å². The van der Waals surface area contributed by atoms with Crippen molar-refractivity contribution < 1.29 is 9.53 Å². The van der Waals surface area contributed by atoms with Gasteiger partial charge in [-0.1, -0.05) is 35.9 Å². The van der Waals surface area contributed by atoms with E-state index in [0.29, 0.717) is 11.6 Å². The molecule has 0 aliphatic heterocycles. The van der Waals surface area contributed by atoms with Crippen molar-refractivity contribution in [1.29, 1.82) is 0 Å². The quantitative estimate of drug-likeness (QED) is 0.803. The van der Waals surface area contributed by atoms with E-state index < -0.39 is 0 Å². The van der Waals surface area contributed by atoms with Gasteiger partial charge in [-0.25, -0.2) is 0 Å². The minimum absolute atomic E-state index is 0.0355. The molecule has 5 heteroatoms. The molecule has 0 fully saturated rings. The largest absolute Gasteiger partial charge is 0.497 e. The molecule has 1 amide bonds. The molecule has 2 aromatic carbocycles. The Bertz CT molecular complexity index is 656. The molecule has 128 valence electrons. The molecule has 0 spiro atoms. The number of rotatable bonds is 7. The smallest absolute Gasteiger partial charge is 0.237 e. The Labute approximate surface area is 148 Å². The van der Waals surface area contributed by atoms with Gasteiger partial charge in [0.15, 0.2) is 0 Å². The lowest BCUT2D eigenvalue weighted by molar-refractivity contribution is -0.123. The van der Waals surface area contributed by atoms with Crippen LogP contribution in [0.3, 0.4) is 0 Å². The third-order valence-electron chi connectivity index (χ3n) is 3.89. The molecule has 2 atom stereocenters. The number of hydrogen-bond donors (Lipinski definition) is 2. The maximum atomic E-state index is 12.2. The standard InChI is InChI=1S/C19H23ClN2O2/c1-13(16-6-8-17(20)9-7-16)22-14(2)19(23)21-12-15-4-10-18(24-3)11-5-15/h4-11,13-14,22H,12H2,1-3H3,(H,21,23)/t13-,14-/m1/s1. The number of methoxy groups -OCH3 is 1. The van der Waals surface area contributed by atoms with Crippen LogP contribution < -0.4 is 15.4 Å². The van der Waals surface area contributed by atoms with E-state index in [-0.39, 0.29) is 18.0 Å². The average molecular weight is 347 g/mol. The summed E-state index contributed by atoms with van der Waals surface area (Å²) in [6, 6.07) is 15.0. The maximum Gasteiger partial charge on any atom is 0.237 e. The summed E-state index contributed by atoms with van der Waals surface area (Å²) in [5.74, 6) is 0.767. The minimum Gasteiger partial charge on any atom is -0.497 e. The highest BCUT2D eigenvalue weighted by Gasteiger charge is 2.16. The number of carbonyl (C=O) groups is 1.